The van der Waals surface area contributed by atoms with Crippen LogP contribution in [-0.2, 0) is 6.54 Å². The first kappa shape index (κ1) is 14.4. The van der Waals surface area contributed by atoms with E-state index >= 15 is 0 Å². The fourth-order valence-corrected chi connectivity index (χ4v) is 3.79. The molecule has 0 aromatic carbocycles. The maximum absolute atomic E-state index is 4.64. The van der Waals surface area contributed by atoms with Crippen LogP contribution in [0.3, 0.4) is 0 Å². The predicted octanol–water partition coefficient (Wildman–Crippen LogP) is 3.46. The summed E-state index contributed by atoms with van der Waals surface area (Å²) in [5.41, 5.74) is 2.11. The molecule has 0 fully saturated rings. The third-order valence-electron chi connectivity index (χ3n) is 2.44. The molecule has 0 aliphatic heterocycles. The fourth-order valence-electron chi connectivity index (χ4n) is 1.72. The number of rotatable bonds is 5. The Morgan fingerprint density at radius 2 is 2.05 bits per heavy atom. The van der Waals surface area contributed by atoms with Gasteiger partial charge in [0.2, 0.25) is 0 Å². The van der Waals surface area contributed by atoms with E-state index in [2.05, 4.69) is 60.4 Å². The second-order valence-corrected chi connectivity index (χ2v) is 7.04. The molecule has 4 nitrogen and oxygen atoms in total. The van der Waals surface area contributed by atoms with E-state index in [0.29, 0.717) is 6.04 Å². The minimum Gasteiger partial charge on any atom is -0.359 e. The maximum atomic E-state index is 4.64. The zero-order valence-electron chi connectivity index (χ0n) is 12.0. The summed E-state index contributed by atoms with van der Waals surface area (Å²) in [5.74, 6) is 0. The van der Waals surface area contributed by atoms with E-state index in [4.69, 9.17) is 0 Å². The van der Waals surface area contributed by atoms with Gasteiger partial charge in [0.1, 0.15) is 5.01 Å². The first-order valence-corrected chi connectivity index (χ1v) is 7.98. The minimum absolute atomic E-state index is 0.408. The predicted molar refractivity (Wildman–Crippen MR) is 84.1 cm³/mol. The highest BCUT2D eigenvalue weighted by Gasteiger charge is 2.13. The molecular weight excluding hydrogens is 276 g/mol. The van der Waals surface area contributed by atoms with Gasteiger partial charge in [-0.2, -0.15) is 0 Å². The summed E-state index contributed by atoms with van der Waals surface area (Å²) < 4.78 is 0. The van der Waals surface area contributed by atoms with E-state index in [9.17, 15) is 0 Å². The number of aryl methyl sites for hydroxylation is 1. The van der Waals surface area contributed by atoms with Crippen LogP contribution in [-0.4, -0.2) is 35.0 Å². The molecule has 19 heavy (non-hydrogen) atoms. The zero-order chi connectivity index (χ0) is 14.0. The van der Waals surface area contributed by atoms with Crippen molar-refractivity contribution in [3.05, 3.63) is 16.1 Å². The van der Waals surface area contributed by atoms with Crippen molar-refractivity contribution in [3.63, 3.8) is 0 Å². The van der Waals surface area contributed by atoms with E-state index in [1.54, 1.807) is 22.7 Å². The summed E-state index contributed by atoms with van der Waals surface area (Å²) in [4.78, 5) is 12.6. The molecule has 0 atom stereocenters. The quantitative estimate of drug-likeness (QED) is 0.917. The fraction of sp³-hybridized carbons (Fsp3) is 0.538. The molecule has 0 saturated heterocycles. The summed E-state index contributed by atoms with van der Waals surface area (Å²) in [6, 6.07) is 0.408. The molecule has 2 aromatic heterocycles. The van der Waals surface area contributed by atoms with Gasteiger partial charge in [0.15, 0.2) is 5.13 Å². The normalized spacial score (nSPS) is 11.5. The lowest BCUT2D eigenvalue weighted by atomic mass is 10.3. The third kappa shape index (κ3) is 3.75. The first-order chi connectivity index (χ1) is 8.95. The Labute approximate surface area is 122 Å². The number of hydrogen-bond donors (Lipinski definition) is 1. The van der Waals surface area contributed by atoms with Gasteiger partial charge in [-0.05, 0) is 34.9 Å². The molecule has 0 saturated carbocycles. The molecule has 0 spiro atoms. The number of nitrogens with one attached hydrogen (secondary N) is 1. The maximum Gasteiger partial charge on any atom is 0.183 e. The topological polar surface area (TPSA) is 41.1 Å². The number of anilines is 1. The lowest BCUT2D eigenvalue weighted by Crippen LogP contribution is -2.10. The highest BCUT2D eigenvalue weighted by molar-refractivity contribution is 7.16. The van der Waals surface area contributed by atoms with Gasteiger partial charge in [-0.15, -0.1) is 22.7 Å². The van der Waals surface area contributed by atoms with Crippen LogP contribution in [0.1, 0.15) is 24.5 Å². The van der Waals surface area contributed by atoms with E-state index in [-0.39, 0.29) is 0 Å². The van der Waals surface area contributed by atoms with Crippen molar-refractivity contribution >= 4 is 27.8 Å². The van der Waals surface area contributed by atoms with Crippen LogP contribution in [0.4, 0.5) is 5.13 Å². The smallest absolute Gasteiger partial charge is 0.183 e. The minimum atomic E-state index is 0.408. The Morgan fingerprint density at radius 3 is 2.68 bits per heavy atom. The van der Waals surface area contributed by atoms with Gasteiger partial charge in [0, 0.05) is 18.0 Å². The monoisotopic (exact) mass is 296 g/mol. The largest absolute Gasteiger partial charge is 0.359 e. The van der Waals surface area contributed by atoms with Gasteiger partial charge in [0.25, 0.3) is 0 Å². The average Bonchev–Trinajstić information content (AvgIpc) is 2.83. The molecular formula is C13H20N4S2. The lowest BCUT2D eigenvalue weighted by molar-refractivity contribution is 0.401. The first-order valence-electron chi connectivity index (χ1n) is 6.29. The SMILES string of the molecule is Cc1nc(CN(C)C)sc1-c1csc(NC(C)C)n1. The van der Waals surface area contributed by atoms with Crippen LogP contribution in [0.25, 0.3) is 10.6 Å². The van der Waals surface area contributed by atoms with Crippen LogP contribution < -0.4 is 5.32 Å². The van der Waals surface area contributed by atoms with Crippen LogP contribution >= 0.6 is 22.7 Å². The third-order valence-corrected chi connectivity index (χ3v) is 4.38. The Kier molecular flexibility index (Phi) is 4.54. The second kappa shape index (κ2) is 5.98. The number of aromatic nitrogens is 2. The summed E-state index contributed by atoms with van der Waals surface area (Å²) in [5, 5.41) is 7.56. The molecule has 0 amide bonds. The molecule has 0 aliphatic rings. The lowest BCUT2D eigenvalue weighted by Gasteiger charge is -2.04. The summed E-state index contributed by atoms with van der Waals surface area (Å²) in [6.07, 6.45) is 0. The van der Waals surface area contributed by atoms with Gasteiger partial charge in [-0.1, -0.05) is 0 Å². The summed E-state index contributed by atoms with van der Waals surface area (Å²) in [6.45, 7) is 7.18. The number of nitrogens with zero attached hydrogens (tertiary/aromatic N) is 3. The van der Waals surface area contributed by atoms with Crippen molar-refractivity contribution in [2.24, 2.45) is 0 Å². The van der Waals surface area contributed by atoms with Crippen molar-refractivity contribution in [1.82, 2.24) is 14.9 Å². The highest BCUT2D eigenvalue weighted by Crippen LogP contribution is 2.32. The van der Waals surface area contributed by atoms with E-state index in [1.807, 2.05) is 0 Å². The number of thiazole rings is 2. The summed E-state index contributed by atoms with van der Waals surface area (Å²) >= 11 is 3.39. The zero-order valence-corrected chi connectivity index (χ0v) is 13.7. The highest BCUT2D eigenvalue weighted by atomic mass is 32.1. The van der Waals surface area contributed by atoms with Crippen LogP contribution in [0, 0.1) is 6.92 Å². The Bertz CT molecular complexity index is 543. The molecule has 104 valence electrons. The van der Waals surface area contributed by atoms with Gasteiger partial charge in [-0.3, -0.25) is 0 Å². The summed E-state index contributed by atoms with van der Waals surface area (Å²) in [7, 11) is 4.12. The van der Waals surface area contributed by atoms with E-state index in [1.165, 1.54) is 4.88 Å². The Balaban J connectivity index is 2.21. The van der Waals surface area contributed by atoms with E-state index in [0.717, 1.165) is 28.1 Å². The van der Waals surface area contributed by atoms with Crippen molar-refractivity contribution in [3.8, 4) is 10.6 Å². The average molecular weight is 296 g/mol. The number of hydrogen-bond acceptors (Lipinski definition) is 6. The van der Waals surface area contributed by atoms with Gasteiger partial charge < -0.3 is 10.2 Å². The van der Waals surface area contributed by atoms with Crippen molar-refractivity contribution < 1.29 is 0 Å². The Morgan fingerprint density at radius 1 is 1.32 bits per heavy atom. The molecule has 2 rings (SSSR count). The molecule has 1 N–H and O–H groups in total. The van der Waals surface area contributed by atoms with Gasteiger partial charge in [-0.25, -0.2) is 9.97 Å². The van der Waals surface area contributed by atoms with E-state index < -0.39 is 0 Å². The van der Waals surface area contributed by atoms with Crippen LogP contribution in [0.15, 0.2) is 5.38 Å². The van der Waals surface area contributed by atoms with Crippen LogP contribution in [0.5, 0.6) is 0 Å². The molecule has 0 aliphatic carbocycles. The standard InChI is InChI=1S/C13H20N4S2/c1-8(2)14-13-16-10(7-18-13)12-9(3)15-11(19-12)6-17(4)5/h7-8H,6H2,1-5H3,(H,14,16). The Hall–Kier alpha value is -0.980. The van der Waals surface area contributed by atoms with Crippen LogP contribution in [0.2, 0.25) is 0 Å². The van der Waals surface area contributed by atoms with Crippen molar-refractivity contribution in [1.29, 1.82) is 0 Å². The van der Waals surface area contributed by atoms with Gasteiger partial charge >= 0.3 is 0 Å². The molecule has 6 heteroatoms. The van der Waals surface area contributed by atoms with Crippen molar-refractivity contribution in [2.75, 3.05) is 19.4 Å². The molecule has 2 heterocycles. The van der Waals surface area contributed by atoms with Gasteiger partial charge in [0.05, 0.1) is 16.3 Å². The second-order valence-electron chi connectivity index (χ2n) is 5.10. The molecule has 0 radical (unpaired) electrons. The van der Waals surface area contributed by atoms with Crippen molar-refractivity contribution in [2.45, 2.75) is 33.4 Å². The molecule has 0 unspecified atom stereocenters. The molecule has 2 aromatic rings. The molecule has 0 bridgehead atoms.